The van der Waals surface area contributed by atoms with Crippen molar-refractivity contribution in [2.24, 2.45) is 11.8 Å². The molecule has 3 nitrogen and oxygen atoms in total. The van der Waals surface area contributed by atoms with E-state index in [1.165, 1.54) is 18.6 Å². The lowest BCUT2D eigenvalue weighted by atomic mass is 9.94. The van der Waals surface area contributed by atoms with Gasteiger partial charge in [0.15, 0.2) is 0 Å². The summed E-state index contributed by atoms with van der Waals surface area (Å²) in [6.45, 7) is 3.12. The van der Waals surface area contributed by atoms with Crippen molar-refractivity contribution in [3.63, 3.8) is 0 Å². The van der Waals surface area contributed by atoms with Gasteiger partial charge in [-0.1, -0.05) is 0 Å². The maximum Gasteiger partial charge on any atom is 0.226 e. The Labute approximate surface area is 101 Å². The molecule has 1 amide bonds. The number of carbonyl (C=O) groups excluding carboxylic acids is 1. The van der Waals surface area contributed by atoms with Crippen LogP contribution in [-0.2, 0) is 4.79 Å². The van der Waals surface area contributed by atoms with Crippen LogP contribution in [0.3, 0.4) is 0 Å². The number of thioether (sulfide) groups is 1. The van der Waals surface area contributed by atoms with Crippen molar-refractivity contribution in [2.75, 3.05) is 31.1 Å². The quantitative estimate of drug-likeness (QED) is 0.740. The third kappa shape index (κ3) is 1.97. The van der Waals surface area contributed by atoms with E-state index in [4.69, 9.17) is 0 Å². The first-order valence-electron chi connectivity index (χ1n) is 6.44. The molecule has 0 radical (unpaired) electrons. The average molecular weight is 240 g/mol. The molecule has 0 aromatic carbocycles. The topological polar surface area (TPSA) is 32.3 Å². The Kier molecular flexibility index (Phi) is 3.11. The molecular weight excluding hydrogens is 220 g/mol. The van der Waals surface area contributed by atoms with Crippen LogP contribution in [0.25, 0.3) is 0 Å². The van der Waals surface area contributed by atoms with Gasteiger partial charge >= 0.3 is 0 Å². The summed E-state index contributed by atoms with van der Waals surface area (Å²) in [6.07, 6.45) is 3.69. The number of nitrogens with one attached hydrogen (secondary N) is 1. The van der Waals surface area contributed by atoms with Crippen LogP contribution < -0.4 is 5.32 Å². The van der Waals surface area contributed by atoms with Gasteiger partial charge in [0, 0.05) is 30.8 Å². The van der Waals surface area contributed by atoms with Gasteiger partial charge in [-0.15, -0.1) is 0 Å². The number of carbonyl (C=O) groups is 1. The van der Waals surface area contributed by atoms with Crippen molar-refractivity contribution in [2.45, 2.75) is 25.3 Å². The predicted molar refractivity (Wildman–Crippen MR) is 66.5 cm³/mol. The van der Waals surface area contributed by atoms with Crippen LogP contribution >= 0.6 is 11.8 Å². The fourth-order valence-electron chi connectivity index (χ4n) is 3.21. The van der Waals surface area contributed by atoms with Crippen LogP contribution in [0.2, 0.25) is 0 Å². The van der Waals surface area contributed by atoms with Crippen molar-refractivity contribution in [1.29, 1.82) is 0 Å². The maximum atomic E-state index is 12.3. The number of nitrogens with zero attached hydrogens (tertiary/aromatic N) is 1. The van der Waals surface area contributed by atoms with E-state index in [0.29, 0.717) is 17.9 Å². The number of rotatable bonds is 1. The molecule has 3 aliphatic heterocycles. The first kappa shape index (κ1) is 10.9. The third-order valence-corrected chi connectivity index (χ3v) is 5.35. The predicted octanol–water partition coefficient (Wildman–Crippen LogP) is 0.950. The fraction of sp³-hybridized carbons (Fsp3) is 0.917. The van der Waals surface area contributed by atoms with E-state index < -0.39 is 0 Å². The second kappa shape index (κ2) is 4.57. The molecule has 90 valence electrons. The molecule has 0 spiro atoms. The van der Waals surface area contributed by atoms with Gasteiger partial charge in [-0.25, -0.2) is 0 Å². The minimum atomic E-state index is 0.324. The van der Waals surface area contributed by atoms with Crippen LogP contribution in [0.4, 0.5) is 0 Å². The zero-order valence-electron chi connectivity index (χ0n) is 9.65. The summed E-state index contributed by atoms with van der Waals surface area (Å²) in [6, 6.07) is 0.590. The Balaban J connectivity index is 1.61. The molecule has 3 fully saturated rings. The standard InChI is InChI=1S/C12H20N2OS/c15-12(10-3-5-16-8-10)14-6-9-2-1-4-13-11(9)7-14/h9-11,13H,1-8H2/t9-,10?,11+/m0/s1. The molecule has 3 saturated heterocycles. The van der Waals surface area contributed by atoms with Gasteiger partial charge in [0.1, 0.15) is 0 Å². The van der Waals surface area contributed by atoms with E-state index in [1.807, 2.05) is 11.8 Å². The number of hydrogen-bond donors (Lipinski definition) is 1. The number of hydrogen-bond acceptors (Lipinski definition) is 3. The number of fused-ring (bicyclic) bond motifs is 1. The summed E-state index contributed by atoms with van der Waals surface area (Å²) in [4.78, 5) is 14.4. The van der Waals surface area contributed by atoms with Gasteiger partial charge in [-0.3, -0.25) is 4.79 Å². The van der Waals surface area contributed by atoms with Crippen LogP contribution in [0.1, 0.15) is 19.3 Å². The third-order valence-electron chi connectivity index (χ3n) is 4.19. The smallest absolute Gasteiger partial charge is 0.226 e. The molecule has 0 aliphatic carbocycles. The average Bonchev–Trinajstić information content (AvgIpc) is 2.97. The molecule has 0 aromatic heterocycles. The van der Waals surface area contributed by atoms with Gasteiger partial charge in [0.25, 0.3) is 0 Å². The SMILES string of the molecule is O=C(C1CCSC1)N1C[C@@H]2CCCN[C@@H]2C1. The van der Waals surface area contributed by atoms with E-state index in [2.05, 4.69) is 10.2 Å². The molecule has 1 unspecified atom stereocenters. The highest BCUT2D eigenvalue weighted by Gasteiger charge is 2.38. The highest BCUT2D eigenvalue weighted by atomic mass is 32.2. The molecule has 4 heteroatoms. The molecule has 0 bridgehead atoms. The normalized spacial score (nSPS) is 38.8. The van der Waals surface area contributed by atoms with E-state index in [9.17, 15) is 4.79 Å². The lowest BCUT2D eigenvalue weighted by Gasteiger charge is -2.24. The monoisotopic (exact) mass is 240 g/mol. The zero-order valence-corrected chi connectivity index (χ0v) is 10.5. The summed E-state index contributed by atoms with van der Waals surface area (Å²) in [7, 11) is 0. The number of piperidine rings is 1. The van der Waals surface area contributed by atoms with Gasteiger partial charge in [0.05, 0.1) is 0 Å². The number of amides is 1. The largest absolute Gasteiger partial charge is 0.341 e. The van der Waals surface area contributed by atoms with Gasteiger partial charge in [-0.2, -0.15) is 11.8 Å². The minimum absolute atomic E-state index is 0.324. The van der Waals surface area contributed by atoms with Gasteiger partial charge < -0.3 is 10.2 Å². The maximum absolute atomic E-state index is 12.3. The van der Waals surface area contributed by atoms with Crippen LogP contribution in [0.5, 0.6) is 0 Å². The second-order valence-corrected chi connectivity index (χ2v) is 6.42. The fourth-order valence-corrected chi connectivity index (χ4v) is 4.43. The molecule has 1 N–H and O–H groups in total. The summed E-state index contributed by atoms with van der Waals surface area (Å²) in [5.74, 6) is 3.71. The first-order chi connectivity index (χ1) is 7.84. The molecule has 16 heavy (non-hydrogen) atoms. The summed E-state index contributed by atoms with van der Waals surface area (Å²) >= 11 is 1.93. The molecule has 3 aliphatic rings. The molecule has 0 aromatic rings. The van der Waals surface area contributed by atoms with Crippen molar-refractivity contribution < 1.29 is 4.79 Å². The van der Waals surface area contributed by atoms with Crippen molar-refractivity contribution in [1.82, 2.24) is 10.2 Å². The Morgan fingerprint density at radius 2 is 2.25 bits per heavy atom. The zero-order chi connectivity index (χ0) is 11.0. The van der Waals surface area contributed by atoms with Gasteiger partial charge in [-0.05, 0) is 37.5 Å². The molecular formula is C12H20N2OS. The van der Waals surface area contributed by atoms with Gasteiger partial charge in [0.2, 0.25) is 5.91 Å². The molecule has 3 rings (SSSR count). The lowest BCUT2D eigenvalue weighted by molar-refractivity contribution is -0.133. The van der Waals surface area contributed by atoms with E-state index in [1.54, 1.807) is 0 Å². The molecule has 3 heterocycles. The van der Waals surface area contributed by atoms with E-state index in [-0.39, 0.29) is 0 Å². The van der Waals surface area contributed by atoms with Crippen molar-refractivity contribution in [3.05, 3.63) is 0 Å². The van der Waals surface area contributed by atoms with Crippen LogP contribution in [-0.4, -0.2) is 48.0 Å². The van der Waals surface area contributed by atoms with Crippen molar-refractivity contribution >= 4 is 17.7 Å². The Hall–Kier alpha value is -0.220. The molecule has 0 saturated carbocycles. The minimum Gasteiger partial charge on any atom is -0.341 e. The number of likely N-dealkylation sites (tertiary alicyclic amines) is 1. The van der Waals surface area contributed by atoms with E-state index >= 15 is 0 Å². The van der Waals surface area contributed by atoms with Crippen molar-refractivity contribution in [3.8, 4) is 0 Å². The highest BCUT2D eigenvalue weighted by molar-refractivity contribution is 7.99. The van der Waals surface area contributed by atoms with E-state index in [0.717, 1.165) is 37.7 Å². The Bertz CT molecular complexity index is 264. The Morgan fingerprint density at radius 3 is 3.00 bits per heavy atom. The summed E-state index contributed by atoms with van der Waals surface area (Å²) < 4.78 is 0. The highest BCUT2D eigenvalue weighted by Crippen LogP contribution is 2.30. The molecule has 3 atom stereocenters. The summed E-state index contributed by atoms with van der Waals surface area (Å²) in [5.41, 5.74) is 0. The Morgan fingerprint density at radius 1 is 1.31 bits per heavy atom. The lowest BCUT2D eigenvalue weighted by Crippen LogP contribution is -2.41. The first-order valence-corrected chi connectivity index (χ1v) is 7.60. The second-order valence-electron chi connectivity index (χ2n) is 5.27. The summed E-state index contributed by atoms with van der Waals surface area (Å²) in [5, 5.41) is 3.56. The van der Waals surface area contributed by atoms with Crippen LogP contribution in [0, 0.1) is 11.8 Å². The van der Waals surface area contributed by atoms with Crippen LogP contribution in [0.15, 0.2) is 0 Å².